The predicted octanol–water partition coefficient (Wildman–Crippen LogP) is 1.06. The first-order valence-corrected chi connectivity index (χ1v) is 9.04. The second kappa shape index (κ2) is 8.05. The fourth-order valence-electron chi connectivity index (χ4n) is 3.21. The minimum atomic E-state index is 0.0719. The zero-order chi connectivity index (χ0) is 18.5. The Morgan fingerprint density at radius 2 is 1.81 bits per heavy atom. The summed E-state index contributed by atoms with van der Waals surface area (Å²) in [6, 6.07) is 13.4. The highest BCUT2D eigenvalue weighted by molar-refractivity contribution is 5.94. The zero-order valence-electron chi connectivity index (χ0n) is 15.0. The second-order valence-electron chi connectivity index (χ2n) is 6.51. The molecule has 0 bridgehead atoms. The van der Waals surface area contributed by atoms with Crippen LogP contribution in [-0.2, 0) is 6.42 Å². The van der Waals surface area contributed by atoms with E-state index in [9.17, 15) is 4.79 Å². The van der Waals surface area contributed by atoms with Crippen molar-refractivity contribution in [1.82, 2.24) is 35.0 Å². The molecule has 1 aromatic carbocycles. The Kier molecular flexibility index (Phi) is 5.15. The normalized spacial score (nSPS) is 15.0. The number of nitrogens with zero attached hydrogens (tertiary/aromatic N) is 7. The molecular weight excluding hydrogens is 342 g/mol. The SMILES string of the molecule is O=C(c1ccc(-n2cnnn2)cc1)N1CCN(CCc2ccccn2)CC1. The second-order valence-corrected chi connectivity index (χ2v) is 6.51. The van der Waals surface area contributed by atoms with Crippen molar-refractivity contribution in [2.75, 3.05) is 32.7 Å². The molecule has 3 heterocycles. The Morgan fingerprint density at radius 1 is 1.00 bits per heavy atom. The number of benzene rings is 1. The van der Waals surface area contributed by atoms with E-state index in [1.807, 2.05) is 47.5 Å². The average Bonchev–Trinajstić information content (AvgIpc) is 3.28. The third-order valence-corrected chi connectivity index (χ3v) is 4.80. The van der Waals surface area contributed by atoms with Gasteiger partial charge in [0.1, 0.15) is 6.33 Å². The molecule has 8 heteroatoms. The van der Waals surface area contributed by atoms with Gasteiger partial charge >= 0.3 is 0 Å². The molecule has 0 spiro atoms. The van der Waals surface area contributed by atoms with Crippen molar-refractivity contribution in [1.29, 1.82) is 0 Å². The molecule has 2 aromatic heterocycles. The van der Waals surface area contributed by atoms with Gasteiger partial charge in [-0.1, -0.05) is 6.07 Å². The van der Waals surface area contributed by atoms with Crippen LogP contribution in [0.2, 0.25) is 0 Å². The van der Waals surface area contributed by atoms with Gasteiger partial charge in [-0.2, -0.15) is 0 Å². The van der Waals surface area contributed by atoms with Crippen LogP contribution in [0.4, 0.5) is 0 Å². The lowest BCUT2D eigenvalue weighted by Gasteiger charge is -2.34. The monoisotopic (exact) mass is 363 g/mol. The quantitative estimate of drug-likeness (QED) is 0.674. The van der Waals surface area contributed by atoms with Crippen LogP contribution in [-0.4, -0.2) is 73.6 Å². The van der Waals surface area contributed by atoms with Crippen molar-refractivity contribution in [3.8, 4) is 5.69 Å². The summed E-state index contributed by atoms with van der Waals surface area (Å²) in [5, 5.41) is 11.1. The summed E-state index contributed by atoms with van der Waals surface area (Å²) in [5.41, 5.74) is 2.63. The van der Waals surface area contributed by atoms with Crippen LogP contribution in [0.3, 0.4) is 0 Å². The molecule has 0 N–H and O–H groups in total. The Bertz CT molecular complexity index is 857. The number of hydrogen-bond acceptors (Lipinski definition) is 6. The third-order valence-electron chi connectivity index (χ3n) is 4.80. The van der Waals surface area contributed by atoms with Crippen molar-refractivity contribution in [3.63, 3.8) is 0 Å². The Hall–Kier alpha value is -3.13. The van der Waals surface area contributed by atoms with Gasteiger partial charge in [-0.15, -0.1) is 5.10 Å². The molecule has 1 amide bonds. The lowest BCUT2D eigenvalue weighted by molar-refractivity contribution is 0.0638. The summed E-state index contributed by atoms with van der Waals surface area (Å²) in [5.74, 6) is 0.0719. The van der Waals surface area contributed by atoms with Crippen LogP contribution in [0, 0.1) is 0 Å². The maximum absolute atomic E-state index is 12.7. The molecule has 4 rings (SSSR count). The van der Waals surface area contributed by atoms with E-state index in [1.54, 1.807) is 4.68 Å². The van der Waals surface area contributed by atoms with E-state index in [2.05, 4.69) is 31.5 Å². The van der Waals surface area contributed by atoms with Crippen molar-refractivity contribution in [2.45, 2.75) is 6.42 Å². The predicted molar refractivity (Wildman–Crippen MR) is 99.4 cm³/mol. The number of tetrazole rings is 1. The summed E-state index contributed by atoms with van der Waals surface area (Å²) in [7, 11) is 0. The summed E-state index contributed by atoms with van der Waals surface area (Å²) >= 11 is 0. The first-order chi connectivity index (χ1) is 13.3. The summed E-state index contributed by atoms with van der Waals surface area (Å²) in [4.78, 5) is 21.4. The molecule has 0 unspecified atom stereocenters. The summed E-state index contributed by atoms with van der Waals surface area (Å²) < 4.78 is 1.56. The first kappa shape index (κ1) is 17.3. The number of aromatic nitrogens is 5. The number of piperazine rings is 1. The highest BCUT2D eigenvalue weighted by Gasteiger charge is 2.22. The van der Waals surface area contributed by atoms with Crippen LogP contribution in [0.15, 0.2) is 55.0 Å². The minimum Gasteiger partial charge on any atom is -0.336 e. The standard InChI is InChI=1S/C19H21N7O/c27-19(16-4-6-18(7-5-16)26-15-21-22-23-26)25-13-11-24(12-14-25)10-8-17-3-1-2-9-20-17/h1-7,9,15H,8,10-14H2. The van der Waals surface area contributed by atoms with Crippen molar-refractivity contribution in [2.24, 2.45) is 0 Å². The molecule has 8 nitrogen and oxygen atoms in total. The van der Waals surface area contributed by atoms with Gasteiger partial charge in [0.25, 0.3) is 5.91 Å². The molecule has 0 saturated carbocycles. The minimum absolute atomic E-state index is 0.0719. The number of amides is 1. The van der Waals surface area contributed by atoms with E-state index in [0.717, 1.165) is 50.5 Å². The van der Waals surface area contributed by atoms with Gasteiger partial charge in [0.2, 0.25) is 0 Å². The maximum Gasteiger partial charge on any atom is 0.253 e. The molecule has 27 heavy (non-hydrogen) atoms. The Labute approximate surface area is 157 Å². The van der Waals surface area contributed by atoms with Gasteiger partial charge in [0, 0.05) is 56.6 Å². The molecule has 1 aliphatic heterocycles. The average molecular weight is 363 g/mol. The topological polar surface area (TPSA) is 80.0 Å². The number of rotatable bonds is 5. The van der Waals surface area contributed by atoms with E-state index in [-0.39, 0.29) is 5.91 Å². The molecule has 1 fully saturated rings. The van der Waals surface area contributed by atoms with Crippen LogP contribution in [0.5, 0.6) is 0 Å². The van der Waals surface area contributed by atoms with Crippen LogP contribution >= 0.6 is 0 Å². The fraction of sp³-hybridized carbons (Fsp3) is 0.316. The van der Waals surface area contributed by atoms with E-state index < -0.39 is 0 Å². The number of carbonyl (C=O) groups excluding carboxylic acids is 1. The summed E-state index contributed by atoms with van der Waals surface area (Å²) in [6.07, 6.45) is 4.30. The molecule has 138 valence electrons. The molecule has 1 saturated heterocycles. The Balaban J connectivity index is 1.29. The smallest absolute Gasteiger partial charge is 0.253 e. The van der Waals surface area contributed by atoms with Gasteiger partial charge in [-0.3, -0.25) is 14.7 Å². The largest absolute Gasteiger partial charge is 0.336 e. The third kappa shape index (κ3) is 4.17. The van der Waals surface area contributed by atoms with Gasteiger partial charge in [0.15, 0.2) is 0 Å². The highest BCUT2D eigenvalue weighted by atomic mass is 16.2. The lowest BCUT2D eigenvalue weighted by atomic mass is 10.1. The zero-order valence-corrected chi connectivity index (χ0v) is 15.0. The van der Waals surface area contributed by atoms with Crippen molar-refractivity contribution < 1.29 is 4.79 Å². The highest BCUT2D eigenvalue weighted by Crippen LogP contribution is 2.12. The van der Waals surface area contributed by atoms with Crippen molar-refractivity contribution in [3.05, 3.63) is 66.2 Å². The van der Waals surface area contributed by atoms with Gasteiger partial charge in [-0.05, 0) is 46.8 Å². The molecule has 0 radical (unpaired) electrons. The van der Waals surface area contributed by atoms with Crippen LogP contribution < -0.4 is 0 Å². The molecule has 0 aliphatic carbocycles. The molecule has 0 atom stereocenters. The number of carbonyl (C=O) groups is 1. The first-order valence-electron chi connectivity index (χ1n) is 9.04. The number of hydrogen-bond donors (Lipinski definition) is 0. The van der Waals surface area contributed by atoms with Crippen LogP contribution in [0.25, 0.3) is 5.69 Å². The maximum atomic E-state index is 12.7. The van der Waals surface area contributed by atoms with E-state index in [4.69, 9.17) is 0 Å². The molecule has 1 aliphatic rings. The molecule has 3 aromatic rings. The molecular formula is C19H21N7O. The van der Waals surface area contributed by atoms with Gasteiger partial charge < -0.3 is 4.90 Å². The van der Waals surface area contributed by atoms with E-state index in [0.29, 0.717) is 5.56 Å². The lowest BCUT2D eigenvalue weighted by Crippen LogP contribution is -2.49. The van der Waals surface area contributed by atoms with E-state index >= 15 is 0 Å². The Morgan fingerprint density at radius 3 is 2.48 bits per heavy atom. The number of pyridine rings is 1. The van der Waals surface area contributed by atoms with Crippen molar-refractivity contribution >= 4 is 5.91 Å². The van der Waals surface area contributed by atoms with Gasteiger partial charge in [-0.25, -0.2) is 4.68 Å². The van der Waals surface area contributed by atoms with E-state index in [1.165, 1.54) is 6.33 Å². The van der Waals surface area contributed by atoms with Gasteiger partial charge in [0.05, 0.1) is 5.69 Å². The van der Waals surface area contributed by atoms with Crippen LogP contribution in [0.1, 0.15) is 16.1 Å². The summed E-state index contributed by atoms with van der Waals surface area (Å²) in [6.45, 7) is 4.24. The fourth-order valence-corrected chi connectivity index (χ4v) is 3.21.